The van der Waals surface area contributed by atoms with Crippen molar-refractivity contribution in [2.45, 2.75) is 65.8 Å². The van der Waals surface area contributed by atoms with Crippen LogP contribution in [0, 0.1) is 11.3 Å². The fraction of sp³-hybridized carbons (Fsp3) is 0.542. The molecule has 1 saturated carbocycles. The summed E-state index contributed by atoms with van der Waals surface area (Å²) in [6, 6.07) is 5.76. The molecule has 3 rings (SSSR count). The first-order chi connectivity index (χ1) is 14.6. The van der Waals surface area contributed by atoms with Crippen LogP contribution >= 0.6 is 0 Å². The molecule has 1 atom stereocenters. The molecule has 7 heteroatoms. The minimum absolute atomic E-state index is 0.356. The van der Waals surface area contributed by atoms with Gasteiger partial charge in [-0.3, -0.25) is 4.79 Å². The number of hydrogen-bond donors (Lipinski definition) is 2. The second kappa shape index (κ2) is 9.54. The Hall–Kier alpha value is -2.83. The molecule has 1 aromatic rings. The van der Waals surface area contributed by atoms with Gasteiger partial charge < -0.3 is 20.1 Å². The Kier molecular flexibility index (Phi) is 7.03. The first-order valence-electron chi connectivity index (χ1n) is 10.9. The molecule has 31 heavy (non-hydrogen) atoms. The molecule has 1 fully saturated rings. The van der Waals surface area contributed by atoms with E-state index in [-0.39, 0.29) is 5.97 Å². The minimum Gasteiger partial charge on any atom is -0.462 e. The van der Waals surface area contributed by atoms with Crippen molar-refractivity contribution in [1.29, 1.82) is 0 Å². The van der Waals surface area contributed by atoms with E-state index in [1.54, 1.807) is 52.0 Å². The van der Waals surface area contributed by atoms with E-state index in [1.165, 1.54) is 19.3 Å². The van der Waals surface area contributed by atoms with Gasteiger partial charge >= 0.3 is 18.0 Å². The van der Waals surface area contributed by atoms with Crippen molar-refractivity contribution < 1.29 is 23.9 Å². The maximum Gasteiger partial charge on any atom is 0.338 e. The lowest BCUT2D eigenvalue weighted by Crippen LogP contribution is -2.45. The molecule has 1 aliphatic carbocycles. The Morgan fingerprint density at radius 1 is 1.13 bits per heavy atom. The number of allylic oxidation sites excluding steroid dienone is 1. The van der Waals surface area contributed by atoms with E-state index >= 15 is 0 Å². The van der Waals surface area contributed by atoms with E-state index in [0.717, 1.165) is 12.8 Å². The van der Waals surface area contributed by atoms with Crippen molar-refractivity contribution in [2.24, 2.45) is 11.3 Å². The van der Waals surface area contributed by atoms with E-state index in [0.29, 0.717) is 35.1 Å². The lowest BCUT2D eigenvalue weighted by molar-refractivity contribution is -0.143. The summed E-state index contributed by atoms with van der Waals surface area (Å²) in [7, 11) is 0. The lowest BCUT2D eigenvalue weighted by atomic mass is 9.90. The molecule has 1 aliphatic heterocycles. The molecular formula is C24H32N2O5. The molecule has 1 unspecified atom stereocenters. The van der Waals surface area contributed by atoms with Gasteiger partial charge in [0.15, 0.2) is 0 Å². The van der Waals surface area contributed by atoms with Gasteiger partial charge in [-0.2, -0.15) is 0 Å². The van der Waals surface area contributed by atoms with Crippen molar-refractivity contribution in [1.82, 2.24) is 10.6 Å². The molecule has 168 valence electrons. The third-order valence-electron chi connectivity index (χ3n) is 5.68. The molecule has 2 N–H and O–H groups in total. The van der Waals surface area contributed by atoms with Gasteiger partial charge in [-0.05, 0) is 64.2 Å². The molecule has 0 radical (unpaired) electrons. The van der Waals surface area contributed by atoms with Gasteiger partial charge in [0, 0.05) is 5.70 Å². The number of ether oxygens (including phenoxy) is 2. The number of hydrogen-bond acceptors (Lipinski definition) is 5. The molecule has 0 aromatic heterocycles. The molecular weight excluding hydrogens is 396 g/mol. The van der Waals surface area contributed by atoms with Crippen LogP contribution in [0.1, 0.15) is 71.4 Å². The average molecular weight is 429 g/mol. The lowest BCUT2D eigenvalue weighted by Gasteiger charge is -2.29. The van der Waals surface area contributed by atoms with Crippen LogP contribution in [0.2, 0.25) is 0 Å². The van der Waals surface area contributed by atoms with Crippen LogP contribution in [-0.4, -0.2) is 24.6 Å². The van der Waals surface area contributed by atoms with E-state index in [2.05, 4.69) is 10.6 Å². The van der Waals surface area contributed by atoms with Crippen molar-refractivity contribution in [3.63, 3.8) is 0 Å². The molecule has 0 saturated heterocycles. The predicted molar refractivity (Wildman–Crippen MR) is 116 cm³/mol. The predicted octanol–water partition coefficient (Wildman–Crippen LogP) is 4.39. The second-order valence-electron chi connectivity index (χ2n) is 9.38. The maximum atomic E-state index is 13.0. The summed E-state index contributed by atoms with van der Waals surface area (Å²) in [6.07, 6.45) is 5.73. The minimum atomic E-state index is -0.694. The average Bonchev–Trinajstić information content (AvgIpc) is 2.71. The van der Waals surface area contributed by atoms with Gasteiger partial charge in [0.2, 0.25) is 0 Å². The maximum absolute atomic E-state index is 13.0. The Bertz CT molecular complexity index is 878. The number of carbonyl (C=O) groups is 3. The van der Waals surface area contributed by atoms with Gasteiger partial charge in [-0.25, -0.2) is 9.59 Å². The number of benzene rings is 1. The number of nitrogens with one attached hydrogen (secondary N) is 2. The van der Waals surface area contributed by atoms with E-state index in [4.69, 9.17) is 9.47 Å². The Morgan fingerprint density at radius 2 is 1.84 bits per heavy atom. The molecule has 0 spiro atoms. The fourth-order valence-electron chi connectivity index (χ4n) is 3.86. The number of rotatable bonds is 5. The number of carbonyl (C=O) groups excluding carboxylic acids is 3. The second-order valence-corrected chi connectivity index (χ2v) is 9.38. The summed E-state index contributed by atoms with van der Waals surface area (Å²) in [6.45, 7) is 7.40. The Labute approximate surface area is 183 Å². The van der Waals surface area contributed by atoms with Crippen LogP contribution in [0.25, 0.3) is 0 Å². The molecule has 7 nitrogen and oxygen atoms in total. The highest BCUT2D eigenvalue weighted by molar-refractivity contribution is 5.95. The van der Waals surface area contributed by atoms with Crippen LogP contribution in [0.5, 0.6) is 5.75 Å². The quantitative estimate of drug-likeness (QED) is 0.536. The summed E-state index contributed by atoms with van der Waals surface area (Å²) < 4.78 is 11.1. The Morgan fingerprint density at radius 3 is 2.52 bits per heavy atom. The monoisotopic (exact) mass is 428 g/mol. The van der Waals surface area contributed by atoms with E-state index in [1.807, 2.05) is 0 Å². The van der Waals surface area contributed by atoms with Crippen molar-refractivity contribution in [3.05, 3.63) is 41.1 Å². The fourth-order valence-corrected chi connectivity index (χ4v) is 3.86. The summed E-state index contributed by atoms with van der Waals surface area (Å²) in [4.78, 5) is 37.4. The molecule has 1 heterocycles. The zero-order valence-corrected chi connectivity index (χ0v) is 18.7. The highest BCUT2D eigenvalue weighted by atomic mass is 16.5. The van der Waals surface area contributed by atoms with Crippen LogP contribution in [-0.2, 0) is 14.3 Å². The number of amides is 2. The Balaban J connectivity index is 1.80. The third-order valence-corrected chi connectivity index (χ3v) is 5.68. The van der Waals surface area contributed by atoms with Crippen molar-refractivity contribution >= 4 is 18.0 Å². The van der Waals surface area contributed by atoms with Crippen molar-refractivity contribution in [3.8, 4) is 5.75 Å². The standard InChI is InChI=1S/C24H32N2O5/c1-15-19(21(27)30-14-16-9-6-5-7-10-16)20(26-23(29)25-15)17-11-8-12-18(13-17)31-22(28)24(2,3)4/h8,11-13,16,20H,5-7,9-10,14H2,1-4H3,(H2,25,26,29). The molecule has 2 aliphatic rings. The number of esters is 2. The van der Waals surface area contributed by atoms with E-state index in [9.17, 15) is 14.4 Å². The molecule has 0 bridgehead atoms. The zero-order valence-electron chi connectivity index (χ0n) is 18.7. The van der Waals surface area contributed by atoms with E-state index < -0.39 is 23.5 Å². The smallest absolute Gasteiger partial charge is 0.338 e. The summed E-state index contributed by atoms with van der Waals surface area (Å²) in [5, 5.41) is 5.45. The summed E-state index contributed by atoms with van der Waals surface area (Å²) >= 11 is 0. The first kappa shape index (κ1) is 22.8. The van der Waals surface area contributed by atoms with Gasteiger partial charge in [0.05, 0.1) is 23.6 Å². The normalized spacial score (nSPS) is 20.0. The first-order valence-corrected chi connectivity index (χ1v) is 10.9. The highest BCUT2D eigenvalue weighted by Crippen LogP contribution is 2.31. The summed E-state index contributed by atoms with van der Waals surface area (Å²) in [5.41, 5.74) is 0.802. The van der Waals surface area contributed by atoms with Gasteiger partial charge in [0.1, 0.15) is 5.75 Å². The SMILES string of the molecule is CC1=C(C(=O)OCC2CCCCC2)C(c2cccc(OC(=O)C(C)(C)C)c2)NC(=O)N1. The topological polar surface area (TPSA) is 93.7 Å². The summed E-state index contributed by atoms with van der Waals surface area (Å²) in [5.74, 6) is -0.0587. The third kappa shape index (κ3) is 5.87. The van der Waals surface area contributed by atoms with Gasteiger partial charge in [-0.15, -0.1) is 0 Å². The number of urea groups is 1. The van der Waals surface area contributed by atoms with Crippen molar-refractivity contribution in [2.75, 3.05) is 6.61 Å². The van der Waals surface area contributed by atoms with Gasteiger partial charge in [0.25, 0.3) is 0 Å². The molecule has 2 amide bonds. The van der Waals surface area contributed by atoms with Gasteiger partial charge in [-0.1, -0.05) is 31.4 Å². The highest BCUT2D eigenvalue weighted by Gasteiger charge is 2.33. The largest absolute Gasteiger partial charge is 0.462 e. The van der Waals surface area contributed by atoms with Crippen LogP contribution < -0.4 is 15.4 Å². The molecule has 1 aromatic carbocycles. The van der Waals surface area contributed by atoms with Crippen LogP contribution in [0.3, 0.4) is 0 Å². The zero-order chi connectivity index (χ0) is 22.6. The van der Waals surface area contributed by atoms with Crippen LogP contribution in [0.15, 0.2) is 35.5 Å². The van der Waals surface area contributed by atoms with Crippen LogP contribution in [0.4, 0.5) is 4.79 Å².